The van der Waals surface area contributed by atoms with E-state index in [1.165, 1.54) is 93.7 Å². The Labute approximate surface area is 419 Å². The third kappa shape index (κ3) is 6.98. The van der Waals surface area contributed by atoms with Crippen molar-refractivity contribution >= 4 is 94.5 Å². The number of allylic oxidation sites excluding steroid dienone is 5. The molecule has 2 aromatic heterocycles. The van der Waals surface area contributed by atoms with Crippen molar-refractivity contribution in [1.29, 1.82) is 0 Å². The van der Waals surface area contributed by atoms with E-state index in [0.717, 1.165) is 54.1 Å². The average Bonchev–Trinajstić information content (AvgIpc) is 3.96. The highest BCUT2D eigenvalue weighted by molar-refractivity contribution is 6.11. The number of para-hydroxylation sites is 3. The SMILES string of the molecule is C1=CCCC(n2c3c(c4ccccc42)C=C(N(c2ccc(-c4ccc(N(c5ccc6c(c5)c5ccccc5n6-c5ccccc5)c5cccc6ccccc56)cc4)cc2)c2cccc4ccccc24)CC3)=C1. The van der Waals surface area contributed by atoms with Crippen LogP contribution in [0.25, 0.3) is 82.8 Å². The Hall–Kier alpha value is -9.12. The molecule has 0 aliphatic heterocycles. The second-order valence-corrected chi connectivity index (χ2v) is 19.1. The van der Waals surface area contributed by atoms with Gasteiger partial charge in [-0.05, 0) is 139 Å². The molecular formula is C68H50N4. The maximum Gasteiger partial charge on any atom is 0.0542 e. The van der Waals surface area contributed by atoms with Crippen molar-refractivity contribution in [1.82, 2.24) is 9.13 Å². The molecule has 4 nitrogen and oxygen atoms in total. The molecule has 342 valence electrons. The molecule has 0 fully saturated rings. The third-order valence-electron chi connectivity index (χ3n) is 15.0. The topological polar surface area (TPSA) is 16.3 Å². The van der Waals surface area contributed by atoms with Crippen LogP contribution in [-0.2, 0) is 6.42 Å². The molecule has 0 unspecified atom stereocenters. The molecule has 2 aliphatic rings. The number of hydrogen-bond acceptors (Lipinski definition) is 2. The van der Waals surface area contributed by atoms with Gasteiger partial charge in [-0.15, -0.1) is 0 Å². The molecule has 0 bridgehead atoms. The van der Waals surface area contributed by atoms with Crippen molar-refractivity contribution in [2.75, 3.05) is 9.80 Å². The highest BCUT2D eigenvalue weighted by atomic mass is 15.2. The van der Waals surface area contributed by atoms with E-state index in [2.05, 4.69) is 274 Å². The first-order chi connectivity index (χ1) is 35.7. The second kappa shape index (κ2) is 17.4. The Bertz CT molecular complexity index is 4140. The largest absolute Gasteiger partial charge is 0.317 e. The van der Waals surface area contributed by atoms with E-state index in [-0.39, 0.29) is 0 Å². The standard InChI is InChI=1S/C68H50N4/c1-3-21-51(22-4-1)71-65-29-13-11-27-59(65)61-45-55(41-43-67(61)71)69(63-31-15-19-49-17-7-9-25-57(49)63)53-37-33-47(34-38-53)48-35-39-54(40-36-48)70(64-32-16-20-50-18-8-10-26-58(50)64)56-42-44-68-62(46-56)60-28-12-14-30-66(60)72(68)52-23-5-2-6-24-52/h1-5,7-23,25-41,43,45-46H,6,24,42,44H2. The van der Waals surface area contributed by atoms with Gasteiger partial charge in [-0.25, -0.2) is 0 Å². The lowest BCUT2D eigenvalue weighted by Crippen LogP contribution is -2.20. The Morgan fingerprint density at radius 3 is 1.58 bits per heavy atom. The van der Waals surface area contributed by atoms with Crippen LogP contribution in [0, 0.1) is 0 Å². The highest BCUT2D eigenvalue weighted by Gasteiger charge is 2.27. The van der Waals surface area contributed by atoms with E-state index >= 15 is 0 Å². The smallest absolute Gasteiger partial charge is 0.0542 e. The van der Waals surface area contributed by atoms with Crippen molar-refractivity contribution in [2.45, 2.75) is 25.7 Å². The van der Waals surface area contributed by atoms with Gasteiger partial charge in [0, 0.05) is 72.3 Å². The summed E-state index contributed by atoms with van der Waals surface area (Å²) in [5, 5.41) is 8.66. The van der Waals surface area contributed by atoms with Crippen LogP contribution in [0.5, 0.6) is 0 Å². The van der Waals surface area contributed by atoms with Gasteiger partial charge < -0.3 is 18.9 Å². The molecular weight excluding hydrogens is 873 g/mol. The number of benzene rings is 10. The minimum Gasteiger partial charge on any atom is -0.317 e. The molecule has 0 atom stereocenters. The molecule has 0 radical (unpaired) electrons. The summed E-state index contributed by atoms with van der Waals surface area (Å²) in [7, 11) is 0. The molecule has 10 aromatic carbocycles. The lowest BCUT2D eigenvalue weighted by molar-refractivity contribution is 0.827. The molecule has 0 amide bonds. The summed E-state index contributed by atoms with van der Waals surface area (Å²) in [6.45, 7) is 0. The zero-order valence-corrected chi connectivity index (χ0v) is 39.9. The maximum absolute atomic E-state index is 2.55. The van der Waals surface area contributed by atoms with Crippen LogP contribution in [0.4, 0.5) is 28.4 Å². The van der Waals surface area contributed by atoms with Crippen LogP contribution in [0.3, 0.4) is 0 Å². The zero-order chi connectivity index (χ0) is 47.5. The molecule has 0 saturated heterocycles. The fourth-order valence-corrected chi connectivity index (χ4v) is 11.7. The molecule has 0 N–H and O–H groups in total. The fraction of sp³-hybridized carbons (Fsp3) is 0.0588. The molecule has 0 saturated carbocycles. The van der Waals surface area contributed by atoms with Crippen LogP contribution in [-0.4, -0.2) is 9.13 Å². The summed E-state index contributed by atoms with van der Waals surface area (Å²) in [4.78, 5) is 4.94. The summed E-state index contributed by atoms with van der Waals surface area (Å²) in [5.74, 6) is 0. The van der Waals surface area contributed by atoms with E-state index in [4.69, 9.17) is 0 Å². The predicted octanol–water partition coefficient (Wildman–Crippen LogP) is 18.5. The molecule has 72 heavy (non-hydrogen) atoms. The van der Waals surface area contributed by atoms with E-state index < -0.39 is 0 Å². The van der Waals surface area contributed by atoms with Crippen molar-refractivity contribution < 1.29 is 0 Å². The highest BCUT2D eigenvalue weighted by Crippen LogP contribution is 2.45. The Morgan fingerprint density at radius 1 is 0.375 bits per heavy atom. The van der Waals surface area contributed by atoms with Crippen molar-refractivity contribution in [2.24, 2.45) is 0 Å². The van der Waals surface area contributed by atoms with Crippen molar-refractivity contribution in [3.05, 3.63) is 266 Å². The molecule has 12 aromatic rings. The van der Waals surface area contributed by atoms with Gasteiger partial charge in [0.25, 0.3) is 0 Å². The van der Waals surface area contributed by atoms with Gasteiger partial charge in [-0.2, -0.15) is 0 Å². The van der Waals surface area contributed by atoms with E-state index in [1.54, 1.807) is 0 Å². The van der Waals surface area contributed by atoms with E-state index in [9.17, 15) is 0 Å². The van der Waals surface area contributed by atoms with Gasteiger partial charge in [0.1, 0.15) is 0 Å². The normalized spacial score (nSPS) is 13.4. The van der Waals surface area contributed by atoms with Crippen LogP contribution >= 0.6 is 0 Å². The number of rotatable bonds is 9. The minimum atomic E-state index is 0.925. The number of fused-ring (bicyclic) bond motifs is 8. The molecule has 4 heteroatoms. The zero-order valence-electron chi connectivity index (χ0n) is 39.9. The lowest BCUT2D eigenvalue weighted by atomic mass is 9.96. The number of nitrogens with zero attached hydrogens (tertiary/aromatic N) is 4. The van der Waals surface area contributed by atoms with Gasteiger partial charge in [0.05, 0.1) is 27.9 Å². The number of aromatic nitrogens is 2. The van der Waals surface area contributed by atoms with Gasteiger partial charge >= 0.3 is 0 Å². The first kappa shape index (κ1) is 41.8. The van der Waals surface area contributed by atoms with Crippen molar-refractivity contribution in [3.63, 3.8) is 0 Å². The number of anilines is 5. The Morgan fingerprint density at radius 2 is 0.917 bits per heavy atom. The second-order valence-electron chi connectivity index (χ2n) is 19.1. The van der Waals surface area contributed by atoms with E-state index in [0.29, 0.717) is 0 Å². The van der Waals surface area contributed by atoms with Crippen molar-refractivity contribution in [3.8, 4) is 16.8 Å². The summed E-state index contributed by atoms with van der Waals surface area (Å²) < 4.78 is 4.93. The van der Waals surface area contributed by atoms with Crippen LogP contribution in [0.15, 0.2) is 254 Å². The van der Waals surface area contributed by atoms with Gasteiger partial charge in [0.2, 0.25) is 0 Å². The Balaban J connectivity index is 0.859. The molecule has 2 aliphatic carbocycles. The van der Waals surface area contributed by atoms with Gasteiger partial charge in [0.15, 0.2) is 0 Å². The summed E-state index contributed by atoms with van der Waals surface area (Å²) >= 11 is 0. The van der Waals surface area contributed by atoms with Gasteiger partial charge in [-0.1, -0.05) is 164 Å². The number of hydrogen-bond donors (Lipinski definition) is 0. The molecule has 2 heterocycles. The van der Waals surface area contributed by atoms with Crippen LogP contribution in [0.2, 0.25) is 0 Å². The predicted molar refractivity (Wildman–Crippen MR) is 305 cm³/mol. The maximum atomic E-state index is 2.55. The third-order valence-corrected chi connectivity index (χ3v) is 15.0. The van der Waals surface area contributed by atoms with Crippen LogP contribution in [0.1, 0.15) is 30.5 Å². The van der Waals surface area contributed by atoms with Crippen LogP contribution < -0.4 is 9.80 Å². The Kier molecular flexibility index (Phi) is 10.1. The monoisotopic (exact) mass is 922 g/mol. The molecule has 14 rings (SSSR count). The first-order valence-corrected chi connectivity index (χ1v) is 25.3. The molecule has 0 spiro atoms. The van der Waals surface area contributed by atoms with E-state index in [1.807, 2.05) is 0 Å². The summed E-state index contributed by atoms with van der Waals surface area (Å²) in [6.07, 6.45) is 13.3. The lowest BCUT2D eigenvalue weighted by Gasteiger charge is -2.31. The minimum absolute atomic E-state index is 0.925. The summed E-state index contributed by atoms with van der Waals surface area (Å²) in [6, 6.07) is 84.5. The quantitative estimate of drug-likeness (QED) is 0.143. The summed E-state index contributed by atoms with van der Waals surface area (Å²) in [5.41, 5.74) is 18.3. The first-order valence-electron chi connectivity index (χ1n) is 25.3. The average molecular weight is 923 g/mol. The fourth-order valence-electron chi connectivity index (χ4n) is 11.7. The van der Waals surface area contributed by atoms with Gasteiger partial charge in [-0.3, -0.25) is 0 Å².